The molecule has 0 saturated carbocycles. The van der Waals surface area contributed by atoms with Crippen molar-refractivity contribution in [2.45, 2.75) is 32.0 Å². The normalized spacial score (nSPS) is 19.7. The first-order valence-corrected chi connectivity index (χ1v) is 9.11. The molecule has 0 amide bonds. The lowest BCUT2D eigenvalue weighted by atomic mass is 10.0. The van der Waals surface area contributed by atoms with E-state index in [0.29, 0.717) is 22.2 Å². The number of alkyl halides is 3. The molecule has 4 nitrogen and oxygen atoms in total. The van der Waals surface area contributed by atoms with Crippen LogP contribution < -0.4 is 9.64 Å². The van der Waals surface area contributed by atoms with E-state index in [1.807, 2.05) is 6.92 Å². The van der Waals surface area contributed by atoms with Gasteiger partial charge in [-0.1, -0.05) is 17.7 Å². The Morgan fingerprint density at radius 2 is 1.93 bits per heavy atom. The summed E-state index contributed by atoms with van der Waals surface area (Å²) in [6, 6.07) is 11.2. The van der Waals surface area contributed by atoms with E-state index in [1.165, 1.54) is 4.90 Å². The zero-order valence-corrected chi connectivity index (χ0v) is 15.8. The average Bonchev–Trinajstić information content (AvgIpc) is 3.03. The van der Waals surface area contributed by atoms with Crippen LogP contribution in [0, 0.1) is 12.8 Å². The third kappa shape index (κ3) is 4.52. The molecule has 8 heteroatoms. The number of hydrogen-bond acceptors (Lipinski definition) is 3. The van der Waals surface area contributed by atoms with Crippen LogP contribution in [0.15, 0.2) is 42.5 Å². The molecule has 1 aliphatic heterocycles. The number of anilines is 1. The number of carboxylic acids is 1. The first kappa shape index (κ1) is 20.3. The van der Waals surface area contributed by atoms with Crippen molar-refractivity contribution in [1.29, 1.82) is 0 Å². The number of nitrogens with zero attached hydrogens (tertiary/aromatic N) is 1. The molecule has 1 heterocycles. The van der Waals surface area contributed by atoms with Gasteiger partial charge in [-0.2, -0.15) is 13.2 Å². The highest BCUT2D eigenvalue weighted by atomic mass is 35.5. The van der Waals surface area contributed by atoms with Gasteiger partial charge in [0.2, 0.25) is 0 Å². The molecular formula is C20H19ClF3NO3. The summed E-state index contributed by atoms with van der Waals surface area (Å²) in [5.74, 6) is -1.56. The lowest BCUT2D eigenvalue weighted by molar-refractivity contribution is -0.169. The molecule has 0 bridgehead atoms. The molecule has 1 fully saturated rings. The van der Waals surface area contributed by atoms with Gasteiger partial charge >= 0.3 is 12.1 Å². The second-order valence-corrected chi connectivity index (χ2v) is 7.24. The SMILES string of the molecule is Cc1c(Cl)cccc1Oc1ccc(N2C[C@@H](C(F)(F)F)C[C@H]2CC(=O)O)cc1. The van der Waals surface area contributed by atoms with Gasteiger partial charge in [0, 0.05) is 28.9 Å². The summed E-state index contributed by atoms with van der Waals surface area (Å²) in [4.78, 5) is 12.6. The highest BCUT2D eigenvalue weighted by Crippen LogP contribution is 2.40. The lowest BCUT2D eigenvalue weighted by Crippen LogP contribution is -2.32. The van der Waals surface area contributed by atoms with E-state index in [2.05, 4.69) is 0 Å². The predicted molar refractivity (Wildman–Crippen MR) is 100 cm³/mol. The van der Waals surface area contributed by atoms with Crippen molar-refractivity contribution in [2.24, 2.45) is 5.92 Å². The molecule has 0 unspecified atom stereocenters. The summed E-state index contributed by atoms with van der Waals surface area (Å²) >= 11 is 6.07. The minimum absolute atomic E-state index is 0.226. The van der Waals surface area contributed by atoms with Crippen LogP contribution >= 0.6 is 11.6 Å². The minimum atomic E-state index is -4.35. The Kier molecular flexibility index (Phi) is 5.74. The maximum atomic E-state index is 13.1. The molecule has 2 aromatic carbocycles. The number of halogens is 4. The molecule has 28 heavy (non-hydrogen) atoms. The fraction of sp³-hybridized carbons (Fsp3) is 0.350. The van der Waals surface area contributed by atoms with Gasteiger partial charge in [-0.15, -0.1) is 0 Å². The fourth-order valence-electron chi connectivity index (χ4n) is 3.40. The first-order valence-electron chi connectivity index (χ1n) is 8.73. The second kappa shape index (κ2) is 7.91. The van der Waals surface area contributed by atoms with Crippen LogP contribution in [-0.2, 0) is 4.79 Å². The van der Waals surface area contributed by atoms with Crippen LogP contribution in [0.1, 0.15) is 18.4 Å². The van der Waals surface area contributed by atoms with Crippen LogP contribution in [0.25, 0.3) is 0 Å². The van der Waals surface area contributed by atoms with Crippen molar-refractivity contribution in [3.05, 3.63) is 53.1 Å². The van der Waals surface area contributed by atoms with E-state index in [1.54, 1.807) is 42.5 Å². The van der Waals surface area contributed by atoms with E-state index in [-0.39, 0.29) is 19.4 Å². The number of benzene rings is 2. The van der Waals surface area contributed by atoms with Gasteiger partial charge in [0.05, 0.1) is 12.3 Å². The van der Waals surface area contributed by atoms with Crippen molar-refractivity contribution >= 4 is 23.3 Å². The molecule has 1 saturated heterocycles. The summed E-state index contributed by atoms with van der Waals surface area (Å²) in [5.41, 5.74) is 1.32. The summed E-state index contributed by atoms with van der Waals surface area (Å²) in [6.45, 7) is 1.57. The molecule has 0 aliphatic carbocycles. The highest BCUT2D eigenvalue weighted by molar-refractivity contribution is 6.31. The zero-order valence-electron chi connectivity index (χ0n) is 15.0. The van der Waals surface area contributed by atoms with E-state index in [0.717, 1.165) is 5.56 Å². The van der Waals surface area contributed by atoms with E-state index in [9.17, 15) is 18.0 Å². The Bertz CT molecular complexity index is 855. The van der Waals surface area contributed by atoms with Gasteiger partial charge in [0.1, 0.15) is 11.5 Å². The van der Waals surface area contributed by atoms with Gasteiger partial charge in [0.15, 0.2) is 0 Å². The third-order valence-electron chi connectivity index (χ3n) is 4.90. The number of carbonyl (C=O) groups is 1. The molecule has 1 N–H and O–H groups in total. The number of rotatable bonds is 5. The largest absolute Gasteiger partial charge is 0.481 e. The molecule has 1 aliphatic rings. The van der Waals surface area contributed by atoms with Gasteiger partial charge < -0.3 is 14.7 Å². The first-order chi connectivity index (χ1) is 13.1. The van der Waals surface area contributed by atoms with Crippen molar-refractivity contribution in [2.75, 3.05) is 11.4 Å². The third-order valence-corrected chi connectivity index (χ3v) is 5.31. The van der Waals surface area contributed by atoms with Crippen molar-refractivity contribution in [3.8, 4) is 11.5 Å². The Morgan fingerprint density at radius 3 is 2.54 bits per heavy atom. The summed E-state index contributed by atoms with van der Waals surface area (Å²) in [5, 5.41) is 9.62. The van der Waals surface area contributed by atoms with Crippen molar-refractivity contribution in [1.82, 2.24) is 0 Å². The topological polar surface area (TPSA) is 49.8 Å². The standard InChI is InChI=1S/C20H19ClF3NO3/c1-12-17(21)3-2-4-18(12)28-16-7-5-14(6-8-16)25-11-13(20(22,23)24)9-15(25)10-19(26)27/h2-8,13,15H,9-11H2,1H3,(H,26,27)/t13-,15-/m0/s1. The predicted octanol–water partition coefficient (Wildman–Crippen LogP) is 5.67. The lowest BCUT2D eigenvalue weighted by Gasteiger charge is -2.26. The molecule has 0 aromatic heterocycles. The molecule has 3 rings (SSSR count). The van der Waals surface area contributed by atoms with Crippen LogP contribution in [0.5, 0.6) is 11.5 Å². The minimum Gasteiger partial charge on any atom is -0.481 e. The molecule has 0 radical (unpaired) electrons. The van der Waals surface area contributed by atoms with Crippen LogP contribution in [-0.4, -0.2) is 29.8 Å². The van der Waals surface area contributed by atoms with E-state index in [4.69, 9.17) is 21.4 Å². The zero-order chi connectivity index (χ0) is 20.5. The monoisotopic (exact) mass is 413 g/mol. The summed E-state index contributed by atoms with van der Waals surface area (Å²) in [6.07, 6.45) is -4.92. The highest BCUT2D eigenvalue weighted by Gasteiger charge is 2.47. The summed E-state index contributed by atoms with van der Waals surface area (Å²) in [7, 11) is 0. The number of aliphatic carboxylic acids is 1. The maximum Gasteiger partial charge on any atom is 0.393 e. The Hall–Kier alpha value is -2.41. The van der Waals surface area contributed by atoms with Gasteiger partial charge in [-0.25, -0.2) is 0 Å². The molecule has 0 spiro atoms. The Balaban J connectivity index is 1.79. The van der Waals surface area contributed by atoms with Gasteiger partial charge in [0.25, 0.3) is 0 Å². The van der Waals surface area contributed by atoms with Gasteiger partial charge in [-0.05, 0) is 49.7 Å². The van der Waals surface area contributed by atoms with Crippen molar-refractivity contribution in [3.63, 3.8) is 0 Å². The molecular weight excluding hydrogens is 395 g/mol. The van der Waals surface area contributed by atoms with Crippen LogP contribution in [0.2, 0.25) is 5.02 Å². The molecule has 2 atom stereocenters. The number of hydrogen-bond donors (Lipinski definition) is 1. The fourth-order valence-corrected chi connectivity index (χ4v) is 3.56. The summed E-state index contributed by atoms with van der Waals surface area (Å²) < 4.78 is 45.2. The maximum absolute atomic E-state index is 13.1. The Morgan fingerprint density at radius 1 is 1.25 bits per heavy atom. The molecule has 2 aromatic rings. The quantitative estimate of drug-likeness (QED) is 0.685. The van der Waals surface area contributed by atoms with Crippen LogP contribution in [0.4, 0.5) is 18.9 Å². The van der Waals surface area contributed by atoms with E-state index >= 15 is 0 Å². The van der Waals surface area contributed by atoms with Crippen LogP contribution in [0.3, 0.4) is 0 Å². The Labute approximate surface area is 165 Å². The smallest absolute Gasteiger partial charge is 0.393 e. The van der Waals surface area contributed by atoms with Gasteiger partial charge in [-0.3, -0.25) is 4.79 Å². The number of carboxylic acid groups (broad SMARTS) is 1. The van der Waals surface area contributed by atoms with E-state index < -0.39 is 24.1 Å². The average molecular weight is 414 g/mol. The van der Waals surface area contributed by atoms with Crippen molar-refractivity contribution < 1.29 is 27.8 Å². The second-order valence-electron chi connectivity index (χ2n) is 6.84. The number of ether oxygens (including phenoxy) is 1. The molecule has 150 valence electrons.